The molecule has 6 heteroatoms. The average Bonchev–Trinajstić information content (AvgIpc) is 2.80. The molecule has 1 aliphatic heterocycles. The molecule has 3 atom stereocenters. The second-order valence-electron chi connectivity index (χ2n) is 4.62. The Balaban J connectivity index is 2.17. The largest absolute Gasteiger partial charge is 0.480 e. The monoisotopic (exact) mass is 264 g/mol. The predicted molar refractivity (Wildman–Crippen MR) is 67.1 cm³/mol. The van der Waals surface area contributed by atoms with Crippen molar-refractivity contribution in [2.45, 2.75) is 24.6 Å². The van der Waals surface area contributed by atoms with Crippen molar-refractivity contribution in [3.05, 3.63) is 35.9 Å². The van der Waals surface area contributed by atoms with Gasteiger partial charge in [0.05, 0.1) is 6.10 Å². The summed E-state index contributed by atoms with van der Waals surface area (Å²) in [6.07, 6.45) is -0.768. The number of β-amino-alcohol motifs (C(OH)–C–C–N with tert-alkyl or cyclic N) is 1. The van der Waals surface area contributed by atoms with Gasteiger partial charge in [0, 0.05) is 13.0 Å². The van der Waals surface area contributed by atoms with Crippen LogP contribution in [-0.4, -0.2) is 45.7 Å². The summed E-state index contributed by atoms with van der Waals surface area (Å²) in [4.78, 5) is 24.5. The zero-order chi connectivity index (χ0) is 14.0. The van der Waals surface area contributed by atoms with E-state index >= 15 is 0 Å². The SMILES string of the molecule is NC(C(=O)N1C[C@H](O)C[C@@H]1C(=O)O)c1ccccc1. The van der Waals surface area contributed by atoms with Crippen LogP contribution in [0.25, 0.3) is 0 Å². The van der Waals surface area contributed by atoms with Gasteiger partial charge in [-0.15, -0.1) is 0 Å². The molecule has 4 N–H and O–H groups in total. The van der Waals surface area contributed by atoms with E-state index in [0.29, 0.717) is 5.56 Å². The number of carbonyl (C=O) groups is 2. The molecule has 0 aliphatic carbocycles. The molecule has 1 amide bonds. The minimum atomic E-state index is -1.12. The molecule has 0 saturated carbocycles. The standard InChI is InChI=1S/C13H16N2O4/c14-11(8-4-2-1-3-5-8)12(17)15-7-9(16)6-10(15)13(18)19/h1-5,9-11,16H,6-7,14H2,(H,18,19)/t9-,10-,11?/m1/s1. The fourth-order valence-corrected chi connectivity index (χ4v) is 2.27. The van der Waals surface area contributed by atoms with Gasteiger partial charge in [-0.1, -0.05) is 30.3 Å². The first-order valence-electron chi connectivity index (χ1n) is 6.02. The van der Waals surface area contributed by atoms with E-state index in [1.807, 2.05) is 0 Å². The van der Waals surface area contributed by atoms with E-state index in [1.54, 1.807) is 30.3 Å². The maximum absolute atomic E-state index is 12.2. The Hall–Kier alpha value is -1.92. The number of nitrogens with two attached hydrogens (primary N) is 1. The molecule has 1 aromatic rings. The fraction of sp³-hybridized carbons (Fsp3) is 0.385. The molecule has 0 spiro atoms. The number of amides is 1. The number of carboxylic acid groups (broad SMARTS) is 1. The van der Waals surface area contributed by atoms with Crippen LogP contribution >= 0.6 is 0 Å². The summed E-state index contributed by atoms with van der Waals surface area (Å²) in [7, 11) is 0. The van der Waals surface area contributed by atoms with Crippen molar-refractivity contribution < 1.29 is 19.8 Å². The number of benzene rings is 1. The van der Waals surface area contributed by atoms with Crippen molar-refractivity contribution in [2.24, 2.45) is 5.73 Å². The van der Waals surface area contributed by atoms with Crippen LogP contribution in [0.15, 0.2) is 30.3 Å². The first-order chi connectivity index (χ1) is 9.00. The predicted octanol–water partition coefficient (Wildman–Crippen LogP) is -0.267. The lowest BCUT2D eigenvalue weighted by Gasteiger charge is -2.24. The number of carboxylic acids is 1. The van der Waals surface area contributed by atoms with Crippen molar-refractivity contribution in [3.8, 4) is 0 Å². The number of carbonyl (C=O) groups excluding carboxylic acids is 1. The molecule has 1 aromatic carbocycles. The highest BCUT2D eigenvalue weighted by atomic mass is 16.4. The summed E-state index contributed by atoms with van der Waals surface area (Å²) in [5.74, 6) is -1.60. The average molecular weight is 264 g/mol. The summed E-state index contributed by atoms with van der Waals surface area (Å²) < 4.78 is 0. The van der Waals surface area contributed by atoms with Gasteiger partial charge < -0.3 is 20.8 Å². The Morgan fingerprint density at radius 1 is 1.32 bits per heavy atom. The lowest BCUT2D eigenvalue weighted by atomic mass is 10.1. The van der Waals surface area contributed by atoms with E-state index < -0.39 is 30.1 Å². The smallest absolute Gasteiger partial charge is 0.326 e. The molecular formula is C13H16N2O4. The molecule has 0 bridgehead atoms. The second-order valence-corrected chi connectivity index (χ2v) is 4.62. The Labute approximate surface area is 110 Å². The molecule has 0 radical (unpaired) electrons. The number of nitrogens with zero attached hydrogens (tertiary/aromatic N) is 1. The highest BCUT2D eigenvalue weighted by Gasteiger charge is 2.40. The Kier molecular flexibility index (Phi) is 3.82. The van der Waals surface area contributed by atoms with Crippen LogP contribution in [0, 0.1) is 0 Å². The normalized spacial score (nSPS) is 24.2. The Morgan fingerprint density at radius 2 is 1.95 bits per heavy atom. The van der Waals surface area contributed by atoms with Gasteiger partial charge in [-0.2, -0.15) is 0 Å². The second kappa shape index (κ2) is 5.38. The summed E-state index contributed by atoms with van der Waals surface area (Å²) >= 11 is 0. The summed E-state index contributed by atoms with van der Waals surface area (Å²) in [5.41, 5.74) is 6.48. The summed E-state index contributed by atoms with van der Waals surface area (Å²) in [6, 6.07) is 6.84. The number of hydrogen-bond donors (Lipinski definition) is 3. The summed E-state index contributed by atoms with van der Waals surface area (Å²) in [5, 5.41) is 18.6. The van der Waals surface area contributed by atoms with Crippen molar-refractivity contribution in [2.75, 3.05) is 6.54 Å². The number of aliphatic hydroxyl groups is 1. The van der Waals surface area contributed by atoms with Crippen LogP contribution in [0.2, 0.25) is 0 Å². The molecule has 0 aromatic heterocycles. The van der Waals surface area contributed by atoms with Crippen LogP contribution < -0.4 is 5.73 Å². The Morgan fingerprint density at radius 3 is 2.53 bits per heavy atom. The minimum absolute atomic E-state index is 0.0103. The van der Waals surface area contributed by atoms with E-state index in [4.69, 9.17) is 10.8 Å². The maximum atomic E-state index is 12.2. The molecule has 6 nitrogen and oxygen atoms in total. The maximum Gasteiger partial charge on any atom is 0.326 e. The van der Waals surface area contributed by atoms with Gasteiger partial charge in [-0.25, -0.2) is 4.79 Å². The number of rotatable bonds is 3. The topological polar surface area (TPSA) is 104 Å². The molecule has 1 unspecified atom stereocenters. The zero-order valence-corrected chi connectivity index (χ0v) is 10.3. The molecular weight excluding hydrogens is 248 g/mol. The lowest BCUT2D eigenvalue weighted by molar-refractivity contribution is -0.148. The van der Waals surface area contributed by atoms with Gasteiger partial charge in [0.25, 0.3) is 0 Å². The number of likely N-dealkylation sites (tertiary alicyclic amines) is 1. The van der Waals surface area contributed by atoms with Crippen molar-refractivity contribution in [1.29, 1.82) is 0 Å². The van der Waals surface area contributed by atoms with Crippen LogP contribution in [0.5, 0.6) is 0 Å². The van der Waals surface area contributed by atoms with Gasteiger partial charge in [0.15, 0.2) is 0 Å². The van der Waals surface area contributed by atoms with Crippen LogP contribution in [0.3, 0.4) is 0 Å². The number of hydrogen-bond acceptors (Lipinski definition) is 4. The first kappa shape index (κ1) is 13.5. The molecule has 1 aliphatic rings. The van der Waals surface area contributed by atoms with E-state index in [-0.39, 0.29) is 13.0 Å². The first-order valence-corrected chi connectivity index (χ1v) is 6.02. The van der Waals surface area contributed by atoms with Gasteiger partial charge in [-0.3, -0.25) is 4.79 Å². The number of aliphatic carboxylic acids is 1. The summed E-state index contributed by atoms with van der Waals surface area (Å²) in [6.45, 7) is 0.0103. The van der Waals surface area contributed by atoms with Crippen molar-refractivity contribution >= 4 is 11.9 Å². The molecule has 102 valence electrons. The van der Waals surface area contributed by atoms with E-state index in [9.17, 15) is 14.7 Å². The van der Waals surface area contributed by atoms with Crippen LogP contribution in [0.1, 0.15) is 18.0 Å². The third-order valence-electron chi connectivity index (χ3n) is 3.27. The van der Waals surface area contributed by atoms with Gasteiger partial charge >= 0.3 is 5.97 Å². The van der Waals surface area contributed by atoms with Gasteiger partial charge in [0.2, 0.25) is 5.91 Å². The Bertz CT molecular complexity index is 477. The van der Waals surface area contributed by atoms with Crippen molar-refractivity contribution in [3.63, 3.8) is 0 Å². The highest BCUT2D eigenvalue weighted by Crippen LogP contribution is 2.22. The molecule has 1 saturated heterocycles. The molecule has 2 rings (SSSR count). The third-order valence-corrected chi connectivity index (χ3v) is 3.27. The van der Waals surface area contributed by atoms with Gasteiger partial charge in [0.1, 0.15) is 12.1 Å². The highest BCUT2D eigenvalue weighted by molar-refractivity contribution is 5.88. The number of aliphatic hydroxyl groups excluding tert-OH is 1. The molecule has 1 heterocycles. The zero-order valence-electron chi connectivity index (χ0n) is 10.3. The van der Waals surface area contributed by atoms with Crippen LogP contribution in [-0.2, 0) is 9.59 Å². The molecule has 1 fully saturated rings. The fourth-order valence-electron chi connectivity index (χ4n) is 2.27. The van der Waals surface area contributed by atoms with Gasteiger partial charge in [-0.05, 0) is 5.56 Å². The van der Waals surface area contributed by atoms with E-state index in [0.717, 1.165) is 4.90 Å². The lowest BCUT2D eigenvalue weighted by Crippen LogP contribution is -2.45. The van der Waals surface area contributed by atoms with Crippen LogP contribution in [0.4, 0.5) is 0 Å². The van der Waals surface area contributed by atoms with E-state index in [1.165, 1.54) is 0 Å². The molecule has 19 heavy (non-hydrogen) atoms. The third kappa shape index (κ3) is 2.74. The van der Waals surface area contributed by atoms with Crippen molar-refractivity contribution in [1.82, 2.24) is 4.90 Å². The quantitative estimate of drug-likeness (QED) is 0.697. The minimum Gasteiger partial charge on any atom is -0.480 e. The van der Waals surface area contributed by atoms with E-state index in [2.05, 4.69) is 0 Å².